The molecule has 2 aromatic rings. The molecule has 0 unspecified atom stereocenters. The number of amides is 3. The number of oxazole rings is 1. The Kier molecular flexibility index (Phi) is 4.02. The van der Waals surface area contributed by atoms with Gasteiger partial charge in [-0.05, 0) is 56.7 Å². The number of likely N-dealkylation sites (tertiary alicyclic amines) is 1. The highest BCUT2D eigenvalue weighted by Gasteiger charge is 2.31. The first-order valence-corrected chi connectivity index (χ1v) is 9.92. The number of benzene rings is 1. The van der Waals surface area contributed by atoms with E-state index in [0.29, 0.717) is 25.0 Å². The van der Waals surface area contributed by atoms with Gasteiger partial charge in [0.15, 0.2) is 11.5 Å². The summed E-state index contributed by atoms with van der Waals surface area (Å²) in [7, 11) is 0. The van der Waals surface area contributed by atoms with E-state index in [9.17, 15) is 9.59 Å². The van der Waals surface area contributed by atoms with Crippen molar-refractivity contribution in [3.8, 4) is 0 Å². The third kappa shape index (κ3) is 3.63. The van der Waals surface area contributed by atoms with Crippen LogP contribution in [-0.4, -0.2) is 41.0 Å². The molecule has 3 fully saturated rings. The average Bonchev–Trinajstić information content (AvgIpc) is 3.60. The molecule has 0 spiro atoms. The maximum atomic E-state index is 12.6. The van der Waals surface area contributed by atoms with Gasteiger partial charge in [-0.15, -0.1) is 0 Å². The molecule has 2 heterocycles. The van der Waals surface area contributed by atoms with E-state index >= 15 is 0 Å². The predicted octanol–water partition coefficient (Wildman–Crippen LogP) is 3.23. The number of hydrogen-bond donors (Lipinski definition) is 2. The molecule has 27 heavy (non-hydrogen) atoms. The summed E-state index contributed by atoms with van der Waals surface area (Å²) >= 11 is 0. The van der Waals surface area contributed by atoms with Gasteiger partial charge in [0, 0.05) is 36.7 Å². The third-order valence-corrected chi connectivity index (χ3v) is 5.66. The molecule has 2 aliphatic carbocycles. The SMILES string of the molecule is O=C(NC1CC1)C1CCN(C(=O)Nc2ccc3oc(C4CC4)nc3c2)CC1. The van der Waals surface area contributed by atoms with Gasteiger partial charge in [0.05, 0.1) is 0 Å². The Morgan fingerprint density at radius 1 is 1.07 bits per heavy atom. The van der Waals surface area contributed by atoms with Crippen LogP contribution in [-0.2, 0) is 4.79 Å². The smallest absolute Gasteiger partial charge is 0.321 e. The monoisotopic (exact) mass is 368 g/mol. The number of fused-ring (bicyclic) bond motifs is 1. The van der Waals surface area contributed by atoms with Crippen LogP contribution in [0.2, 0.25) is 0 Å². The van der Waals surface area contributed by atoms with Gasteiger partial charge in [-0.1, -0.05) is 0 Å². The van der Waals surface area contributed by atoms with Crippen LogP contribution in [0.15, 0.2) is 22.6 Å². The normalized spacial score (nSPS) is 20.7. The number of anilines is 1. The topological polar surface area (TPSA) is 87.5 Å². The molecule has 0 bridgehead atoms. The minimum absolute atomic E-state index is 0.0296. The predicted molar refractivity (Wildman–Crippen MR) is 100 cm³/mol. The Balaban J connectivity index is 1.18. The van der Waals surface area contributed by atoms with Crippen LogP contribution in [0, 0.1) is 5.92 Å². The average molecular weight is 368 g/mol. The van der Waals surface area contributed by atoms with Crippen LogP contribution in [0.5, 0.6) is 0 Å². The highest BCUT2D eigenvalue weighted by atomic mass is 16.3. The molecule has 142 valence electrons. The van der Waals surface area contributed by atoms with E-state index in [1.165, 1.54) is 0 Å². The van der Waals surface area contributed by atoms with Gasteiger partial charge < -0.3 is 20.0 Å². The second-order valence-electron chi connectivity index (χ2n) is 7.98. The molecule has 0 atom stereocenters. The van der Waals surface area contributed by atoms with Gasteiger partial charge in [0.2, 0.25) is 5.91 Å². The number of hydrogen-bond acceptors (Lipinski definition) is 4. The maximum Gasteiger partial charge on any atom is 0.321 e. The Hall–Kier alpha value is -2.57. The molecule has 2 N–H and O–H groups in total. The highest BCUT2D eigenvalue weighted by molar-refractivity contribution is 5.92. The minimum Gasteiger partial charge on any atom is -0.440 e. The van der Waals surface area contributed by atoms with Crippen molar-refractivity contribution in [1.29, 1.82) is 0 Å². The van der Waals surface area contributed by atoms with Crippen LogP contribution >= 0.6 is 0 Å². The minimum atomic E-state index is -0.124. The number of carbonyl (C=O) groups is 2. The highest BCUT2D eigenvalue weighted by Crippen LogP contribution is 2.40. The zero-order chi connectivity index (χ0) is 18.4. The molecule has 1 aromatic carbocycles. The molecule has 0 radical (unpaired) electrons. The summed E-state index contributed by atoms with van der Waals surface area (Å²) < 4.78 is 5.76. The summed E-state index contributed by atoms with van der Waals surface area (Å²) in [5.74, 6) is 1.45. The van der Waals surface area contributed by atoms with Crippen molar-refractivity contribution in [2.45, 2.75) is 50.5 Å². The van der Waals surface area contributed by atoms with E-state index in [-0.39, 0.29) is 17.9 Å². The summed E-state index contributed by atoms with van der Waals surface area (Å²) in [6, 6.07) is 5.83. The summed E-state index contributed by atoms with van der Waals surface area (Å²) in [6.07, 6.45) is 5.93. The van der Waals surface area contributed by atoms with E-state index in [1.54, 1.807) is 4.90 Å². The van der Waals surface area contributed by atoms with E-state index in [0.717, 1.165) is 61.2 Å². The van der Waals surface area contributed by atoms with Gasteiger partial charge in [-0.2, -0.15) is 0 Å². The quantitative estimate of drug-likeness (QED) is 0.867. The number of carbonyl (C=O) groups excluding carboxylic acids is 2. The fourth-order valence-corrected chi connectivity index (χ4v) is 3.62. The number of aromatic nitrogens is 1. The van der Waals surface area contributed by atoms with Crippen molar-refractivity contribution < 1.29 is 14.0 Å². The number of piperidine rings is 1. The Morgan fingerprint density at radius 2 is 1.85 bits per heavy atom. The summed E-state index contributed by atoms with van der Waals surface area (Å²) in [4.78, 5) is 31.0. The Labute approximate surface area is 157 Å². The van der Waals surface area contributed by atoms with Gasteiger partial charge in [0.25, 0.3) is 0 Å². The molecule has 1 aliphatic heterocycles. The molecular weight excluding hydrogens is 344 g/mol. The molecule has 1 aromatic heterocycles. The van der Waals surface area contributed by atoms with Gasteiger partial charge in [0.1, 0.15) is 5.52 Å². The molecule has 7 nitrogen and oxygen atoms in total. The van der Waals surface area contributed by atoms with E-state index in [2.05, 4.69) is 15.6 Å². The summed E-state index contributed by atoms with van der Waals surface area (Å²) in [5, 5.41) is 6.01. The number of nitrogens with zero attached hydrogens (tertiary/aromatic N) is 2. The lowest BCUT2D eigenvalue weighted by molar-refractivity contribution is -0.126. The van der Waals surface area contributed by atoms with Crippen molar-refractivity contribution in [3.05, 3.63) is 24.1 Å². The van der Waals surface area contributed by atoms with Crippen LogP contribution in [0.25, 0.3) is 11.1 Å². The van der Waals surface area contributed by atoms with Crippen LogP contribution in [0.3, 0.4) is 0 Å². The van der Waals surface area contributed by atoms with Gasteiger partial charge in [-0.25, -0.2) is 9.78 Å². The van der Waals surface area contributed by atoms with Crippen LogP contribution in [0.1, 0.15) is 50.3 Å². The van der Waals surface area contributed by atoms with Crippen LogP contribution in [0.4, 0.5) is 10.5 Å². The molecule has 1 saturated heterocycles. The molecule has 3 amide bonds. The van der Waals surface area contributed by atoms with Crippen molar-refractivity contribution in [2.75, 3.05) is 18.4 Å². The second-order valence-corrected chi connectivity index (χ2v) is 7.98. The van der Waals surface area contributed by atoms with Gasteiger partial charge >= 0.3 is 6.03 Å². The Morgan fingerprint density at radius 3 is 2.56 bits per heavy atom. The standard InChI is InChI=1S/C20H24N4O3/c25-18(21-14-3-4-14)12-7-9-24(10-8-12)20(26)22-15-5-6-17-16(11-15)23-19(27-17)13-1-2-13/h5-6,11-14H,1-4,7-10H2,(H,21,25)(H,22,26). The van der Waals surface area contributed by atoms with Crippen molar-refractivity contribution in [2.24, 2.45) is 5.92 Å². The number of nitrogens with one attached hydrogen (secondary N) is 2. The fraction of sp³-hybridized carbons (Fsp3) is 0.550. The number of rotatable bonds is 4. The first-order chi connectivity index (χ1) is 13.2. The molecule has 7 heteroatoms. The maximum absolute atomic E-state index is 12.6. The molecule has 5 rings (SSSR count). The molecular formula is C20H24N4O3. The van der Waals surface area contributed by atoms with Crippen molar-refractivity contribution >= 4 is 28.7 Å². The Bertz CT molecular complexity index is 876. The van der Waals surface area contributed by atoms with E-state index in [4.69, 9.17) is 4.42 Å². The zero-order valence-corrected chi connectivity index (χ0v) is 15.2. The lowest BCUT2D eigenvalue weighted by Crippen LogP contribution is -2.44. The fourth-order valence-electron chi connectivity index (χ4n) is 3.62. The summed E-state index contributed by atoms with van der Waals surface area (Å²) in [6.45, 7) is 1.21. The van der Waals surface area contributed by atoms with Crippen molar-refractivity contribution in [3.63, 3.8) is 0 Å². The van der Waals surface area contributed by atoms with Crippen LogP contribution < -0.4 is 10.6 Å². The lowest BCUT2D eigenvalue weighted by atomic mass is 9.96. The number of urea groups is 1. The zero-order valence-electron chi connectivity index (χ0n) is 15.2. The van der Waals surface area contributed by atoms with E-state index in [1.807, 2.05) is 18.2 Å². The first-order valence-electron chi connectivity index (χ1n) is 9.92. The van der Waals surface area contributed by atoms with E-state index < -0.39 is 0 Å². The van der Waals surface area contributed by atoms with Gasteiger partial charge in [-0.3, -0.25) is 4.79 Å². The second kappa shape index (κ2) is 6.55. The largest absolute Gasteiger partial charge is 0.440 e. The first kappa shape index (κ1) is 16.6. The third-order valence-electron chi connectivity index (χ3n) is 5.66. The lowest BCUT2D eigenvalue weighted by Gasteiger charge is -2.31. The molecule has 3 aliphatic rings. The summed E-state index contributed by atoms with van der Waals surface area (Å²) in [5.41, 5.74) is 2.26. The van der Waals surface area contributed by atoms with Crippen molar-refractivity contribution in [1.82, 2.24) is 15.2 Å². The molecule has 2 saturated carbocycles.